The molecular weight excluding hydrogens is 194 g/mol. The molecule has 5 heteroatoms. The van der Waals surface area contributed by atoms with Gasteiger partial charge in [0.25, 0.3) is 0 Å². The van der Waals surface area contributed by atoms with Gasteiger partial charge in [0.05, 0.1) is 11.8 Å². The summed E-state index contributed by atoms with van der Waals surface area (Å²) >= 11 is 0. The normalized spacial score (nSPS) is 9.47. The summed E-state index contributed by atoms with van der Waals surface area (Å²) in [7, 11) is 0. The highest BCUT2D eigenvalue weighted by Gasteiger charge is 2.04. The van der Waals surface area contributed by atoms with E-state index in [2.05, 4.69) is 15.5 Å². The molecule has 1 aromatic heterocycles. The maximum absolute atomic E-state index is 10.6. The standard InChI is InChI=1S/C10H13N3O2/c1-7(2)3-4-11-9-5-8(10(14)15)6-12-13-9/h3,5-6H,4H2,1-2H3,(H,11,13)(H,14,15). The average Bonchev–Trinajstić information content (AvgIpc) is 2.17. The predicted molar refractivity (Wildman–Crippen MR) is 56.9 cm³/mol. The van der Waals surface area contributed by atoms with Crippen molar-refractivity contribution in [3.8, 4) is 0 Å². The molecule has 0 saturated heterocycles. The number of nitrogens with one attached hydrogen (secondary N) is 1. The maximum atomic E-state index is 10.6. The molecule has 0 aliphatic rings. The molecule has 0 fully saturated rings. The summed E-state index contributed by atoms with van der Waals surface area (Å²) in [5.74, 6) is -0.539. The van der Waals surface area contributed by atoms with Crippen molar-refractivity contribution in [2.75, 3.05) is 11.9 Å². The minimum Gasteiger partial charge on any atom is -0.478 e. The minimum absolute atomic E-state index is 0.129. The third-order valence-electron chi connectivity index (χ3n) is 1.69. The van der Waals surface area contributed by atoms with E-state index in [0.29, 0.717) is 12.4 Å². The predicted octanol–water partition coefficient (Wildman–Crippen LogP) is 1.55. The van der Waals surface area contributed by atoms with Crippen LogP contribution in [0.15, 0.2) is 23.9 Å². The van der Waals surface area contributed by atoms with Gasteiger partial charge in [-0.15, -0.1) is 5.10 Å². The van der Waals surface area contributed by atoms with E-state index in [1.807, 2.05) is 19.9 Å². The number of allylic oxidation sites excluding steroid dienone is 1. The van der Waals surface area contributed by atoms with Crippen LogP contribution in [0, 0.1) is 0 Å². The number of rotatable bonds is 4. The van der Waals surface area contributed by atoms with Crippen molar-refractivity contribution in [2.45, 2.75) is 13.8 Å². The highest BCUT2D eigenvalue weighted by Crippen LogP contribution is 2.04. The van der Waals surface area contributed by atoms with Gasteiger partial charge in [0, 0.05) is 6.54 Å². The monoisotopic (exact) mass is 207 g/mol. The van der Waals surface area contributed by atoms with Gasteiger partial charge in [0.15, 0.2) is 0 Å². The molecule has 0 amide bonds. The molecule has 1 aromatic rings. The second-order valence-corrected chi connectivity index (χ2v) is 3.30. The summed E-state index contributed by atoms with van der Waals surface area (Å²) in [4.78, 5) is 10.6. The quantitative estimate of drug-likeness (QED) is 0.733. The summed E-state index contributed by atoms with van der Waals surface area (Å²) in [6.45, 7) is 4.59. The molecule has 0 bridgehead atoms. The molecule has 1 heterocycles. The molecule has 0 aliphatic carbocycles. The van der Waals surface area contributed by atoms with E-state index in [0.717, 1.165) is 0 Å². The smallest absolute Gasteiger partial charge is 0.337 e. The van der Waals surface area contributed by atoms with Crippen molar-refractivity contribution in [1.29, 1.82) is 0 Å². The molecule has 1 rings (SSSR count). The van der Waals surface area contributed by atoms with Gasteiger partial charge in [0.2, 0.25) is 0 Å². The Labute approximate surface area is 87.8 Å². The average molecular weight is 207 g/mol. The Kier molecular flexibility index (Phi) is 3.79. The van der Waals surface area contributed by atoms with Crippen molar-refractivity contribution >= 4 is 11.8 Å². The van der Waals surface area contributed by atoms with Gasteiger partial charge >= 0.3 is 5.97 Å². The number of aromatic nitrogens is 2. The SMILES string of the molecule is CC(C)=CCNc1cc(C(=O)O)cnn1. The lowest BCUT2D eigenvalue weighted by atomic mass is 10.3. The fourth-order valence-corrected chi connectivity index (χ4v) is 0.930. The molecule has 5 nitrogen and oxygen atoms in total. The van der Waals surface area contributed by atoms with Gasteiger partial charge in [-0.2, -0.15) is 5.10 Å². The Morgan fingerprint density at radius 2 is 2.33 bits per heavy atom. The summed E-state index contributed by atoms with van der Waals surface area (Å²) in [5.41, 5.74) is 1.31. The lowest BCUT2D eigenvalue weighted by molar-refractivity contribution is 0.0696. The number of anilines is 1. The van der Waals surface area contributed by atoms with Gasteiger partial charge in [-0.05, 0) is 19.9 Å². The lowest BCUT2D eigenvalue weighted by Crippen LogP contribution is -2.05. The Morgan fingerprint density at radius 1 is 1.60 bits per heavy atom. The van der Waals surface area contributed by atoms with E-state index in [4.69, 9.17) is 5.11 Å². The minimum atomic E-state index is -1.00. The van der Waals surface area contributed by atoms with Crippen LogP contribution >= 0.6 is 0 Å². The zero-order chi connectivity index (χ0) is 11.3. The number of aromatic carboxylic acids is 1. The van der Waals surface area contributed by atoms with Crippen molar-refractivity contribution in [3.05, 3.63) is 29.5 Å². The third-order valence-corrected chi connectivity index (χ3v) is 1.69. The van der Waals surface area contributed by atoms with Crippen LogP contribution in [0.2, 0.25) is 0 Å². The van der Waals surface area contributed by atoms with E-state index in [1.54, 1.807) is 0 Å². The zero-order valence-electron chi connectivity index (χ0n) is 8.69. The molecule has 0 radical (unpaired) electrons. The van der Waals surface area contributed by atoms with Crippen LogP contribution < -0.4 is 5.32 Å². The van der Waals surface area contributed by atoms with Crippen molar-refractivity contribution < 1.29 is 9.90 Å². The highest BCUT2D eigenvalue weighted by molar-refractivity contribution is 5.87. The first-order valence-electron chi connectivity index (χ1n) is 4.53. The molecule has 0 saturated carbocycles. The molecule has 0 atom stereocenters. The Hall–Kier alpha value is -1.91. The zero-order valence-corrected chi connectivity index (χ0v) is 8.69. The first-order chi connectivity index (χ1) is 7.09. The molecule has 2 N–H and O–H groups in total. The van der Waals surface area contributed by atoms with Gasteiger partial charge in [-0.25, -0.2) is 4.79 Å². The number of hydrogen-bond acceptors (Lipinski definition) is 4. The van der Waals surface area contributed by atoms with E-state index in [1.165, 1.54) is 17.8 Å². The van der Waals surface area contributed by atoms with Crippen molar-refractivity contribution in [3.63, 3.8) is 0 Å². The van der Waals surface area contributed by atoms with Crippen LogP contribution in [-0.4, -0.2) is 27.8 Å². The van der Waals surface area contributed by atoms with Gasteiger partial charge in [-0.1, -0.05) is 11.6 Å². The molecule has 0 unspecified atom stereocenters. The Morgan fingerprint density at radius 3 is 2.93 bits per heavy atom. The van der Waals surface area contributed by atoms with E-state index in [-0.39, 0.29) is 5.56 Å². The Balaban J connectivity index is 2.66. The summed E-state index contributed by atoms with van der Waals surface area (Å²) in [5, 5.41) is 19.0. The summed E-state index contributed by atoms with van der Waals surface area (Å²) in [6.07, 6.45) is 3.20. The molecular formula is C10H13N3O2. The van der Waals surface area contributed by atoms with Crippen molar-refractivity contribution in [2.24, 2.45) is 0 Å². The maximum Gasteiger partial charge on any atom is 0.337 e. The van der Waals surface area contributed by atoms with Crippen molar-refractivity contribution in [1.82, 2.24) is 10.2 Å². The number of carboxylic acid groups (broad SMARTS) is 1. The van der Waals surface area contributed by atoms with Crippen LogP contribution in [0.25, 0.3) is 0 Å². The summed E-state index contributed by atoms with van der Waals surface area (Å²) in [6, 6.07) is 1.45. The van der Waals surface area contributed by atoms with Crippen LogP contribution in [0.1, 0.15) is 24.2 Å². The lowest BCUT2D eigenvalue weighted by Gasteiger charge is -2.02. The fraction of sp³-hybridized carbons (Fsp3) is 0.300. The second-order valence-electron chi connectivity index (χ2n) is 3.30. The molecule has 80 valence electrons. The highest BCUT2D eigenvalue weighted by atomic mass is 16.4. The third kappa shape index (κ3) is 3.76. The van der Waals surface area contributed by atoms with Gasteiger partial charge in [-0.3, -0.25) is 0 Å². The fourth-order valence-electron chi connectivity index (χ4n) is 0.930. The Bertz CT molecular complexity index is 384. The topological polar surface area (TPSA) is 75.1 Å². The van der Waals surface area contributed by atoms with Crippen LogP contribution in [0.3, 0.4) is 0 Å². The first-order valence-corrected chi connectivity index (χ1v) is 4.53. The second kappa shape index (κ2) is 5.09. The number of carbonyl (C=O) groups is 1. The van der Waals surface area contributed by atoms with Crippen LogP contribution in [-0.2, 0) is 0 Å². The van der Waals surface area contributed by atoms with E-state index in [9.17, 15) is 4.79 Å². The number of carboxylic acids is 1. The van der Waals surface area contributed by atoms with Crippen LogP contribution in [0.5, 0.6) is 0 Å². The largest absolute Gasteiger partial charge is 0.478 e. The van der Waals surface area contributed by atoms with Crippen LogP contribution in [0.4, 0.5) is 5.82 Å². The van der Waals surface area contributed by atoms with Gasteiger partial charge < -0.3 is 10.4 Å². The number of hydrogen-bond donors (Lipinski definition) is 2. The molecule has 15 heavy (non-hydrogen) atoms. The molecule has 0 spiro atoms. The van der Waals surface area contributed by atoms with E-state index >= 15 is 0 Å². The summed E-state index contributed by atoms with van der Waals surface area (Å²) < 4.78 is 0. The number of nitrogens with zero attached hydrogens (tertiary/aromatic N) is 2. The van der Waals surface area contributed by atoms with E-state index < -0.39 is 5.97 Å². The molecule has 0 aliphatic heterocycles. The van der Waals surface area contributed by atoms with Gasteiger partial charge in [0.1, 0.15) is 5.82 Å². The molecule has 0 aromatic carbocycles. The first kappa shape index (κ1) is 11.2.